The van der Waals surface area contributed by atoms with Crippen molar-refractivity contribution in [3.63, 3.8) is 0 Å². The zero-order valence-corrected chi connectivity index (χ0v) is 12.0. The Hall–Kier alpha value is -0.940. The summed E-state index contributed by atoms with van der Waals surface area (Å²) in [5.41, 5.74) is 7.74. The molecular formula is C12H14BrN3S. The molecule has 2 N–H and O–H groups in total. The van der Waals surface area contributed by atoms with E-state index in [1.54, 1.807) is 0 Å². The number of nitrogens with two attached hydrogens (primary N) is 1. The van der Waals surface area contributed by atoms with E-state index in [0.29, 0.717) is 0 Å². The zero-order valence-electron chi connectivity index (χ0n) is 9.56. The lowest BCUT2D eigenvalue weighted by Gasteiger charge is -2.05. The molecule has 0 atom stereocenters. The maximum absolute atomic E-state index is 5.70. The van der Waals surface area contributed by atoms with Gasteiger partial charge in [0.1, 0.15) is 0 Å². The summed E-state index contributed by atoms with van der Waals surface area (Å²) in [7, 11) is 1.97. The van der Waals surface area contributed by atoms with E-state index in [2.05, 4.69) is 27.1 Å². The minimum absolute atomic E-state index is 0.785. The summed E-state index contributed by atoms with van der Waals surface area (Å²) in [6.45, 7) is 0. The Morgan fingerprint density at radius 2 is 2.24 bits per heavy atom. The number of hydrogen-bond acceptors (Lipinski definition) is 3. The lowest BCUT2D eigenvalue weighted by Crippen LogP contribution is -1.99. The van der Waals surface area contributed by atoms with Gasteiger partial charge in [0.05, 0.1) is 0 Å². The van der Waals surface area contributed by atoms with Gasteiger partial charge in [-0.1, -0.05) is 0 Å². The van der Waals surface area contributed by atoms with Crippen LogP contribution >= 0.6 is 27.7 Å². The molecule has 0 saturated carbocycles. The highest BCUT2D eigenvalue weighted by molar-refractivity contribution is 9.10. The topological polar surface area (TPSA) is 43.8 Å². The number of aromatic nitrogens is 2. The molecular weight excluding hydrogens is 298 g/mol. The van der Waals surface area contributed by atoms with Crippen LogP contribution in [-0.4, -0.2) is 15.5 Å². The van der Waals surface area contributed by atoms with E-state index >= 15 is 0 Å². The smallest absolute Gasteiger partial charge is 0.0492 e. The number of rotatable bonds is 4. The van der Waals surface area contributed by atoms with Crippen LogP contribution in [0.3, 0.4) is 0 Å². The molecule has 2 aromatic rings. The van der Waals surface area contributed by atoms with Gasteiger partial charge in [-0.2, -0.15) is 5.10 Å². The predicted molar refractivity (Wildman–Crippen MR) is 76.2 cm³/mol. The van der Waals surface area contributed by atoms with E-state index in [-0.39, 0.29) is 0 Å². The Labute approximate surface area is 114 Å². The van der Waals surface area contributed by atoms with Crippen molar-refractivity contribution in [2.24, 2.45) is 7.05 Å². The van der Waals surface area contributed by atoms with Gasteiger partial charge in [-0.15, -0.1) is 11.8 Å². The molecule has 1 heterocycles. The average Bonchev–Trinajstić information content (AvgIpc) is 2.68. The monoisotopic (exact) mass is 311 g/mol. The quantitative estimate of drug-likeness (QED) is 0.697. The fraction of sp³-hybridized carbons (Fsp3) is 0.250. The van der Waals surface area contributed by atoms with E-state index < -0.39 is 0 Å². The number of halogens is 1. The Morgan fingerprint density at radius 3 is 2.88 bits per heavy atom. The number of nitrogens with zero attached hydrogens (tertiary/aromatic N) is 2. The highest BCUT2D eigenvalue weighted by Crippen LogP contribution is 2.29. The maximum atomic E-state index is 5.70. The van der Waals surface area contributed by atoms with Crippen molar-refractivity contribution in [1.29, 1.82) is 0 Å². The second kappa shape index (κ2) is 5.60. The molecule has 0 fully saturated rings. The van der Waals surface area contributed by atoms with Crippen molar-refractivity contribution in [2.45, 2.75) is 11.3 Å². The van der Waals surface area contributed by atoms with Crippen LogP contribution in [-0.2, 0) is 13.5 Å². The van der Waals surface area contributed by atoms with Crippen molar-refractivity contribution in [2.75, 3.05) is 11.5 Å². The summed E-state index contributed by atoms with van der Waals surface area (Å²) < 4.78 is 2.98. The van der Waals surface area contributed by atoms with Gasteiger partial charge >= 0.3 is 0 Å². The largest absolute Gasteiger partial charge is 0.399 e. The molecule has 0 amide bonds. The fourth-order valence-electron chi connectivity index (χ4n) is 1.55. The maximum Gasteiger partial charge on any atom is 0.0492 e. The minimum Gasteiger partial charge on any atom is -0.399 e. The first-order chi connectivity index (χ1) is 8.16. The number of thioether (sulfide) groups is 1. The van der Waals surface area contributed by atoms with E-state index in [1.807, 2.05) is 47.9 Å². The molecule has 1 aromatic heterocycles. The SMILES string of the molecule is Cn1nccc1CCSc1ccc(N)cc1Br. The Bertz CT molecular complexity index is 510. The first-order valence-electron chi connectivity index (χ1n) is 5.31. The number of nitrogen functional groups attached to an aromatic ring is 1. The van der Waals surface area contributed by atoms with Gasteiger partial charge in [-0.25, -0.2) is 0 Å². The molecule has 0 aliphatic heterocycles. The van der Waals surface area contributed by atoms with Crippen molar-refractivity contribution in [3.8, 4) is 0 Å². The summed E-state index contributed by atoms with van der Waals surface area (Å²) in [5.74, 6) is 1.03. The van der Waals surface area contributed by atoms with Crippen LogP contribution in [0.1, 0.15) is 5.69 Å². The van der Waals surface area contributed by atoms with Gasteiger partial charge in [0.2, 0.25) is 0 Å². The highest BCUT2D eigenvalue weighted by atomic mass is 79.9. The third kappa shape index (κ3) is 3.26. The van der Waals surface area contributed by atoms with Crippen LogP contribution in [0.2, 0.25) is 0 Å². The fourth-order valence-corrected chi connectivity index (χ4v) is 3.18. The van der Waals surface area contributed by atoms with Gasteiger partial charge in [-0.3, -0.25) is 4.68 Å². The summed E-state index contributed by atoms with van der Waals surface area (Å²) in [4.78, 5) is 1.22. The van der Waals surface area contributed by atoms with E-state index in [0.717, 1.165) is 22.3 Å². The first kappa shape index (κ1) is 12.5. The van der Waals surface area contributed by atoms with Crippen LogP contribution in [0.25, 0.3) is 0 Å². The molecule has 0 aliphatic carbocycles. The summed E-state index contributed by atoms with van der Waals surface area (Å²) in [5, 5.41) is 4.15. The summed E-state index contributed by atoms with van der Waals surface area (Å²) >= 11 is 5.34. The van der Waals surface area contributed by atoms with Gasteiger partial charge in [0.15, 0.2) is 0 Å². The molecule has 0 saturated heterocycles. The van der Waals surface area contributed by atoms with Crippen LogP contribution in [0.5, 0.6) is 0 Å². The van der Waals surface area contributed by atoms with E-state index in [9.17, 15) is 0 Å². The third-order valence-corrected chi connectivity index (χ3v) is 4.49. The molecule has 0 radical (unpaired) electrons. The lowest BCUT2D eigenvalue weighted by molar-refractivity contribution is 0.720. The van der Waals surface area contributed by atoms with Gasteiger partial charge in [0, 0.05) is 39.7 Å². The standard InChI is InChI=1S/C12H14BrN3S/c1-16-10(4-6-15-16)5-7-17-12-3-2-9(14)8-11(12)13/h2-4,6,8H,5,7,14H2,1H3. The normalized spacial score (nSPS) is 10.7. The number of anilines is 1. The zero-order chi connectivity index (χ0) is 12.3. The number of benzene rings is 1. The Morgan fingerprint density at radius 1 is 1.41 bits per heavy atom. The first-order valence-corrected chi connectivity index (χ1v) is 7.09. The van der Waals surface area contributed by atoms with Crippen molar-refractivity contribution >= 4 is 33.4 Å². The third-order valence-electron chi connectivity index (χ3n) is 2.49. The van der Waals surface area contributed by atoms with Crippen LogP contribution in [0.15, 0.2) is 39.8 Å². The molecule has 3 nitrogen and oxygen atoms in total. The number of hydrogen-bond donors (Lipinski definition) is 1. The Balaban J connectivity index is 1.92. The second-order valence-electron chi connectivity index (χ2n) is 3.73. The minimum atomic E-state index is 0.785. The molecule has 0 bridgehead atoms. The second-order valence-corrected chi connectivity index (χ2v) is 5.73. The van der Waals surface area contributed by atoms with E-state index in [1.165, 1.54) is 10.6 Å². The molecule has 2 rings (SSSR count). The van der Waals surface area contributed by atoms with Gasteiger partial charge < -0.3 is 5.73 Å². The number of aryl methyl sites for hydroxylation is 2. The van der Waals surface area contributed by atoms with Crippen molar-refractivity contribution < 1.29 is 0 Å². The molecule has 0 spiro atoms. The van der Waals surface area contributed by atoms with E-state index in [4.69, 9.17) is 5.73 Å². The molecule has 5 heteroatoms. The average molecular weight is 312 g/mol. The van der Waals surface area contributed by atoms with Crippen molar-refractivity contribution in [3.05, 3.63) is 40.6 Å². The van der Waals surface area contributed by atoms with Crippen LogP contribution < -0.4 is 5.73 Å². The van der Waals surface area contributed by atoms with Crippen molar-refractivity contribution in [1.82, 2.24) is 9.78 Å². The van der Waals surface area contributed by atoms with Gasteiger partial charge in [0.25, 0.3) is 0 Å². The molecule has 90 valence electrons. The molecule has 0 unspecified atom stereocenters. The summed E-state index contributed by atoms with van der Waals surface area (Å²) in [6, 6.07) is 7.97. The Kier molecular flexibility index (Phi) is 4.12. The summed E-state index contributed by atoms with van der Waals surface area (Å²) in [6.07, 6.45) is 2.84. The highest BCUT2D eigenvalue weighted by Gasteiger charge is 2.03. The van der Waals surface area contributed by atoms with Crippen LogP contribution in [0, 0.1) is 0 Å². The molecule has 0 aliphatic rings. The van der Waals surface area contributed by atoms with Crippen LogP contribution in [0.4, 0.5) is 5.69 Å². The molecule has 1 aromatic carbocycles. The predicted octanol–water partition coefficient (Wildman–Crippen LogP) is 3.10. The lowest BCUT2D eigenvalue weighted by atomic mass is 10.3. The van der Waals surface area contributed by atoms with Gasteiger partial charge in [-0.05, 0) is 46.6 Å². The molecule has 17 heavy (non-hydrogen) atoms.